The van der Waals surface area contributed by atoms with E-state index >= 15 is 0 Å². The summed E-state index contributed by atoms with van der Waals surface area (Å²) in [5.41, 5.74) is 1.03. The van der Waals surface area contributed by atoms with Gasteiger partial charge in [0.2, 0.25) is 0 Å². The molecule has 0 bridgehead atoms. The maximum absolute atomic E-state index is 9.98. The van der Waals surface area contributed by atoms with Crippen LogP contribution in [0.3, 0.4) is 0 Å². The predicted octanol–water partition coefficient (Wildman–Crippen LogP) is 3.32. The van der Waals surface area contributed by atoms with Crippen LogP contribution in [0.4, 0.5) is 0 Å². The third-order valence-corrected chi connectivity index (χ3v) is 4.05. The van der Waals surface area contributed by atoms with Crippen molar-refractivity contribution >= 4 is 0 Å². The zero-order valence-corrected chi connectivity index (χ0v) is 13.0. The quantitative estimate of drug-likeness (QED) is 0.817. The molecule has 2 rings (SSSR count). The molecule has 1 fully saturated rings. The Morgan fingerprint density at radius 2 is 2.05 bits per heavy atom. The summed E-state index contributed by atoms with van der Waals surface area (Å²) in [6, 6.07) is 10.1. The van der Waals surface area contributed by atoms with Gasteiger partial charge in [0, 0.05) is 18.3 Å². The van der Waals surface area contributed by atoms with E-state index in [9.17, 15) is 5.11 Å². The summed E-state index contributed by atoms with van der Waals surface area (Å²) >= 11 is 0. The second kappa shape index (κ2) is 7.21. The van der Waals surface area contributed by atoms with E-state index in [0.717, 1.165) is 0 Å². The van der Waals surface area contributed by atoms with Gasteiger partial charge in [-0.3, -0.25) is 0 Å². The summed E-state index contributed by atoms with van der Waals surface area (Å²) in [5.74, 6) is 0. The SMILES string of the molecule is C=C[C@H]1C[C@H](O)C[C@@H](C(C)(C)COCc2ccccc2)O1. The smallest absolute Gasteiger partial charge is 0.0781 e. The fraction of sp³-hybridized carbons (Fsp3) is 0.556. The monoisotopic (exact) mass is 290 g/mol. The Balaban J connectivity index is 1.87. The van der Waals surface area contributed by atoms with Crippen LogP contribution < -0.4 is 0 Å². The Kier molecular flexibility index (Phi) is 5.57. The number of ether oxygens (including phenoxy) is 2. The van der Waals surface area contributed by atoms with Gasteiger partial charge in [0.25, 0.3) is 0 Å². The molecule has 1 aromatic rings. The lowest BCUT2D eigenvalue weighted by Crippen LogP contribution is -2.45. The lowest BCUT2D eigenvalue weighted by molar-refractivity contribution is -0.139. The largest absolute Gasteiger partial charge is 0.393 e. The summed E-state index contributed by atoms with van der Waals surface area (Å²) in [5, 5.41) is 9.98. The molecule has 3 atom stereocenters. The summed E-state index contributed by atoms with van der Waals surface area (Å²) in [4.78, 5) is 0. The summed E-state index contributed by atoms with van der Waals surface area (Å²) in [6.07, 6.45) is 2.68. The zero-order chi connectivity index (χ0) is 15.3. The standard InChI is InChI=1S/C18H26O3/c1-4-16-10-15(19)11-17(21-16)18(2,3)13-20-12-14-8-6-5-7-9-14/h4-9,15-17,19H,1,10-13H2,2-3H3/t15-,16-,17-/m0/s1. The normalized spacial score (nSPS) is 26.5. The maximum atomic E-state index is 9.98. The van der Waals surface area contributed by atoms with Crippen molar-refractivity contribution in [2.45, 2.75) is 51.6 Å². The Hall–Kier alpha value is -1.16. The Labute approximate surface area is 127 Å². The molecule has 0 amide bonds. The molecule has 0 saturated carbocycles. The van der Waals surface area contributed by atoms with E-state index < -0.39 is 0 Å². The zero-order valence-electron chi connectivity index (χ0n) is 13.0. The molecule has 116 valence electrons. The number of rotatable bonds is 6. The molecule has 0 radical (unpaired) electrons. The lowest BCUT2D eigenvalue weighted by Gasteiger charge is -2.41. The molecule has 1 aromatic carbocycles. The van der Waals surface area contributed by atoms with Gasteiger partial charge >= 0.3 is 0 Å². The first-order valence-corrected chi connectivity index (χ1v) is 7.59. The molecular weight excluding hydrogens is 264 g/mol. The van der Waals surface area contributed by atoms with E-state index in [1.54, 1.807) is 6.08 Å². The van der Waals surface area contributed by atoms with Crippen molar-refractivity contribution in [3.05, 3.63) is 48.6 Å². The van der Waals surface area contributed by atoms with Gasteiger partial charge in [0.1, 0.15) is 0 Å². The third kappa shape index (κ3) is 4.67. The van der Waals surface area contributed by atoms with Crippen molar-refractivity contribution in [2.75, 3.05) is 6.61 Å². The van der Waals surface area contributed by atoms with Gasteiger partial charge in [0.15, 0.2) is 0 Å². The number of aliphatic hydroxyl groups excluding tert-OH is 1. The number of aliphatic hydroxyl groups is 1. The molecule has 0 aliphatic carbocycles. The first-order chi connectivity index (χ1) is 10.0. The van der Waals surface area contributed by atoms with Crippen LogP contribution >= 0.6 is 0 Å². The van der Waals surface area contributed by atoms with Gasteiger partial charge in [0.05, 0.1) is 31.5 Å². The minimum atomic E-state index is -0.319. The Bertz CT molecular complexity index is 441. The molecule has 1 aliphatic heterocycles. The molecule has 21 heavy (non-hydrogen) atoms. The predicted molar refractivity (Wildman–Crippen MR) is 84.0 cm³/mol. The first kappa shape index (κ1) is 16.2. The van der Waals surface area contributed by atoms with Crippen LogP contribution in [0, 0.1) is 5.41 Å². The lowest BCUT2D eigenvalue weighted by atomic mass is 9.81. The molecule has 0 aromatic heterocycles. The van der Waals surface area contributed by atoms with Gasteiger partial charge in [-0.05, 0) is 5.56 Å². The van der Waals surface area contributed by atoms with Gasteiger partial charge in [-0.1, -0.05) is 50.3 Å². The van der Waals surface area contributed by atoms with Gasteiger partial charge in [-0.2, -0.15) is 0 Å². The molecular formula is C18H26O3. The maximum Gasteiger partial charge on any atom is 0.0781 e. The van der Waals surface area contributed by atoms with E-state index in [1.807, 2.05) is 18.2 Å². The van der Waals surface area contributed by atoms with E-state index in [1.165, 1.54) is 5.56 Å². The first-order valence-electron chi connectivity index (χ1n) is 7.59. The fourth-order valence-electron chi connectivity index (χ4n) is 2.69. The van der Waals surface area contributed by atoms with Gasteiger partial charge in [-0.15, -0.1) is 6.58 Å². The highest BCUT2D eigenvalue weighted by Crippen LogP contribution is 2.33. The Morgan fingerprint density at radius 3 is 2.71 bits per heavy atom. The molecule has 1 saturated heterocycles. The number of hydrogen-bond acceptors (Lipinski definition) is 3. The topological polar surface area (TPSA) is 38.7 Å². The van der Waals surface area contributed by atoms with E-state index in [0.29, 0.717) is 26.1 Å². The van der Waals surface area contributed by atoms with Crippen LogP contribution in [-0.4, -0.2) is 30.0 Å². The van der Waals surface area contributed by atoms with Crippen molar-refractivity contribution < 1.29 is 14.6 Å². The summed E-state index contributed by atoms with van der Waals surface area (Å²) < 4.78 is 11.9. The van der Waals surface area contributed by atoms with E-state index in [-0.39, 0.29) is 23.7 Å². The molecule has 3 heteroatoms. The summed E-state index contributed by atoms with van der Waals surface area (Å²) in [7, 11) is 0. The van der Waals surface area contributed by atoms with E-state index in [4.69, 9.17) is 9.47 Å². The summed E-state index contributed by atoms with van der Waals surface area (Å²) in [6.45, 7) is 9.22. The van der Waals surface area contributed by atoms with Gasteiger partial charge in [-0.25, -0.2) is 0 Å². The third-order valence-electron chi connectivity index (χ3n) is 4.05. The number of hydrogen-bond donors (Lipinski definition) is 1. The van der Waals surface area contributed by atoms with Crippen LogP contribution in [0.25, 0.3) is 0 Å². The van der Waals surface area contributed by atoms with Crippen LogP contribution in [0.15, 0.2) is 43.0 Å². The minimum absolute atomic E-state index is 0.0139. The molecule has 0 spiro atoms. The fourth-order valence-corrected chi connectivity index (χ4v) is 2.69. The van der Waals surface area contributed by atoms with Crippen molar-refractivity contribution in [3.63, 3.8) is 0 Å². The van der Waals surface area contributed by atoms with Crippen LogP contribution in [-0.2, 0) is 16.1 Å². The molecule has 1 heterocycles. The molecule has 1 N–H and O–H groups in total. The molecule has 1 aliphatic rings. The van der Waals surface area contributed by atoms with Crippen molar-refractivity contribution in [3.8, 4) is 0 Å². The average molecular weight is 290 g/mol. The molecule has 0 unspecified atom stereocenters. The van der Waals surface area contributed by atoms with Crippen LogP contribution in [0.5, 0.6) is 0 Å². The average Bonchev–Trinajstić information content (AvgIpc) is 2.47. The van der Waals surface area contributed by atoms with Crippen molar-refractivity contribution in [2.24, 2.45) is 5.41 Å². The van der Waals surface area contributed by atoms with E-state index in [2.05, 4.69) is 32.6 Å². The molecule has 3 nitrogen and oxygen atoms in total. The van der Waals surface area contributed by atoms with Crippen molar-refractivity contribution in [1.82, 2.24) is 0 Å². The highest BCUT2D eigenvalue weighted by molar-refractivity contribution is 5.13. The Morgan fingerprint density at radius 1 is 1.33 bits per heavy atom. The number of benzene rings is 1. The highest BCUT2D eigenvalue weighted by atomic mass is 16.5. The van der Waals surface area contributed by atoms with Gasteiger partial charge < -0.3 is 14.6 Å². The van der Waals surface area contributed by atoms with Crippen LogP contribution in [0.2, 0.25) is 0 Å². The van der Waals surface area contributed by atoms with Crippen LogP contribution in [0.1, 0.15) is 32.3 Å². The van der Waals surface area contributed by atoms with Crippen molar-refractivity contribution in [1.29, 1.82) is 0 Å². The minimum Gasteiger partial charge on any atom is -0.393 e. The second-order valence-corrected chi connectivity index (χ2v) is 6.49. The second-order valence-electron chi connectivity index (χ2n) is 6.49. The highest BCUT2D eigenvalue weighted by Gasteiger charge is 2.37.